The average molecular weight is 268 g/mol. The van der Waals surface area contributed by atoms with Crippen molar-refractivity contribution in [3.63, 3.8) is 0 Å². The van der Waals surface area contributed by atoms with Crippen molar-refractivity contribution in [3.05, 3.63) is 34.9 Å². The van der Waals surface area contributed by atoms with Crippen LogP contribution in [0.4, 0.5) is 8.78 Å². The van der Waals surface area contributed by atoms with E-state index < -0.39 is 11.6 Å². The molecule has 0 unspecified atom stereocenters. The molecule has 0 bridgehead atoms. The van der Waals surface area contributed by atoms with E-state index in [4.69, 9.17) is 4.74 Å². The van der Waals surface area contributed by atoms with E-state index in [0.717, 1.165) is 26.1 Å². The Morgan fingerprint density at radius 3 is 2.63 bits per heavy atom. The number of rotatable bonds is 4. The molecule has 19 heavy (non-hydrogen) atoms. The standard InChI is InChI=1S/C15H18F2O2/c1-2-14(18)12-8-11(9-13(16)15(12)17)7-10-3-5-19-6-4-10/h8-10H,2-7H2,1H3. The maximum atomic E-state index is 13.6. The van der Waals surface area contributed by atoms with Crippen molar-refractivity contribution < 1.29 is 18.3 Å². The zero-order chi connectivity index (χ0) is 13.8. The fourth-order valence-corrected chi connectivity index (χ4v) is 2.44. The number of ether oxygens (including phenoxy) is 1. The van der Waals surface area contributed by atoms with Crippen molar-refractivity contribution in [3.8, 4) is 0 Å². The van der Waals surface area contributed by atoms with Crippen molar-refractivity contribution in [2.45, 2.75) is 32.6 Å². The van der Waals surface area contributed by atoms with Gasteiger partial charge in [-0.1, -0.05) is 6.92 Å². The van der Waals surface area contributed by atoms with E-state index in [1.54, 1.807) is 6.92 Å². The van der Waals surface area contributed by atoms with Crippen LogP contribution < -0.4 is 0 Å². The van der Waals surface area contributed by atoms with Crippen molar-refractivity contribution >= 4 is 5.78 Å². The zero-order valence-corrected chi connectivity index (χ0v) is 11.0. The molecule has 1 saturated heterocycles. The van der Waals surface area contributed by atoms with Gasteiger partial charge < -0.3 is 4.74 Å². The van der Waals surface area contributed by atoms with Crippen LogP contribution in [0.15, 0.2) is 12.1 Å². The van der Waals surface area contributed by atoms with Crippen LogP contribution in [-0.4, -0.2) is 19.0 Å². The summed E-state index contributed by atoms with van der Waals surface area (Å²) in [6.45, 7) is 3.08. The third-order valence-electron chi connectivity index (χ3n) is 3.57. The SMILES string of the molecule is CCC(=O)c1cc(CC2CCOCC2)cc(F)c1F. The summed E-state index contributed by atoms with van der Waals surface area (Å²) in [5.74, 6) is -1.89. The Morgan fingerprint density at radius 2 is 2.00 bits per heavy atom. The third kappa shape index (κ3) is 3.38. The number of Topliss-reactive ketones (excluding diaryl/α,β-unsaturated/α-hetero) is 1. The molecule has 1 heterocycles. The van der Waals surface area contributed by atoms with Crippen LogP contribution in [-0.2, 0) is 11.2 Å². The van der Waals surface area contributed by atoms with Gasteiger partial charge in [0.05, 0.1) is 5.56 Å². The van der Waals surface area contributed by atoms with Gasteiger partial charge in [-0.15, -0.1) is 0 Å². The Bertz CT molecular complexity index is 465. The van der Waals surface area contributed by atoms with Crippen LogP contribution in [0.5, 0.6) is 0 Å². The van der Waals surface area contributed by atoms with Gasteiger partial charge in [0.15, 0.2) is 17.4 Å². The number of hydrogen-bond donors (Lipinski definition) is 0. The van der Waals surface area contributed by atoms with Gasteiger partial charge in [-0.2, -0.15) is 0 Å². The molecule has 0 amide bonds. The average Bonchev–Trinajstić information content (AvgIpc) is 2.43. The van der Waals surface area contributed by atoms with Gasteiger partial charge >= 0.3 is 0 Å². The molecule has 2 rings (SSSR count). The van der Waals surface area contributed by atoms with E-state index in [1.807, 2.05) is 0 Å². The normalized spacial score (nSPS) is 16.6. The van der Waals surface area contributed by atoms with Gasteiger partial charge in [0.2, 0.25) is 0 Å². The first kappa shape index (κ1) is 14.1. The summed E-state index contributed by atoms with van der Waals surface area (Å²) in [5, 5.41) is 0. The first-order valence-electron chi connectivity index (χ1n) is 6.70. The third-order valence-corrected chi connectivity index (χ3v) is 3.57. The Hall–Kier alpha value is -1.29. The predicted octanol–water partition coefficient (Wildman–Crippen LogP) is 3.53. The maximum Gasteiger partial charge on any atom is 0.169 e. The lowest BCUT2D eigenvalue weighted by Gasteiger charge is -2.22. The van der Waals surface area contributed by atoms with E-state index in [1.165, 1.54) is 12.1 Å². The molecule has 1 fully saturated rings. The van der Waals surface area contributed by atoms with Crippen molar-refractivity contribution in [1.29, 1.82) is 0 Å². The zero-order valence-electron chi connectivity index (χ0n) is 11.0. The minimum Gasteiger partial charge on any atom is -0.381 e. The molecule has 2 nitrogen and oxygen atoms in total. The van der Waals surface area contributed by atoms with Gasteiger partial charge in [-0.3, -0.25) is 4.79 Å². The molecule has 0 N–H and O–H groups in total. The smallest absolute Gasteiger partial charge is 0.169 e. The highest BCUT2D eigenvalue weighted by molar-refractivity contribution is 5.96. The molecule has 1 aliphatic heterocycles. The lowest BCUT2D eigenvalue weighted by Crippen LogP contribution is -2.18. The first-order chi connectivity index (χ1) is 9.11. The number of benzene rings is 1. The van der Waals surface area contributed by atoms with Crippen LogP contribution in [0.25, 0.3) is 0 Å². The highest BCUT2D eigenvalue weighted by Crippen LogP contribution is 2.23. The predicted molar refractivity (Wildman–Crippen MR) is 68.2 cm³/mol. The quantitative estimate of drug-likeness (QED) is 0.781. The van der Waals surface area contributed by atoms with Crippen LogP contribution in [0.3, 0.4) is 0 Å². The van der Waals surface area contributed by atoms with E-state index in [2.05, 4.69) is 0 Å². The lowest BCUT2D eigenvalue weighted by molar-refractivity contribution is 0.0665. The van der Waals surface area contributed by atoms with E-state index in [9.17, 15) is 13.6 Å². The molecule has 0 aliphatic carbocycles. The maximum absolute atomic E-state index is 13.6. The second-order valence-corrected chi connectivity index (χ2v) is 4.98. The Kier molecular flexibility index (Phi) is 4.64. The Morgan fingerprint density at radius 1 is 1.32 bits per heavy atom. The molecule has 0 spiro atoms. The van der Waals surface area contributed by atoms with Crippen LogP contribution in [0, 0.1) is 17.6 Å². The van der Waals surface area contributed by atoms with E-state index in [-0.39, 0.29) is 17.8 Å². The highest BCUT2D eigenvalue weighted by Gasteiger charge is 2.19. The van der Waals surface area contributed by atoms with Crippen molar-refractivity contribution in [2.75, 3.05) is 13.2 Å². The number of carbonyl (C=O) groups is 1. The molecule has 104 valence electrons. The second-order valence-electron chi connectivity index (χ2n) is 4.98. The topological polar surface area (TPSA) is 26.3 Å². The summed E-state index contributed by atoms with van der Waals surface area (Å²) >= 11 is 0. The van der Waals surface area contributed by atoms with Crippen LogP contribution >= 0.6 is 0 Å². The number of carbonyl (C=O) groups excluding carboxylic acids is 1. The molecule has 1 aliphatic rings. The lowest BCUT2D eigenvalue weighted by atomic mass is 9.91. The Labute approximate surface area is 111 Å². The molecule has 0 aromatic heterocycles. The van der Waals surface area contributed by atoms with Gasteiger partial charge in [-0.05, 0) is 42.9 Å². The minimum atomic E-state index is -1.03. The summed E-state index contributed by atoms with van der Waals surface area (Å²) in [6.07, 6.45) is 2.70. The molecule has 4 heteroatoms. The molecule has 0 saturated carbocycles. The number of ketones is 1. The molecule has 1 aromatic carbocycles. The molecule has 1 aromatic rings. The molecular formula is C15H18F2O2. The van der Waals surface area contributed by atoms with Gasteiger partial charge in [-0.25, -0.2) is 8.78 Å². The van der Waals surface area contributed by atoms with E-state index >= 15 is 0 Å². The summed E-state index contributed by atoms with van der Waals surface area (Å²) in [7, 11) is 0. The molecule has 0 atom stereocenters. The summed E-state index contributed by atoms with van der Waals surface area (Å²) in [5.41, 5.74) is 0.576. The Balaban J connectivity index is 2.20. The first-order valence-corrected chi connectivity index (χ1v) is 6.70. The van der Waals surface area contributed by atoms with Gasteiger partial charge in [0.25, 0.3) is 0 Å². The van der Waals surface area contributed by atoms with Crippen LogP contribution in [0.1, 0.15) is 42.1 Å². The van der Waals surface area contributed by atoms with Crippen LogP contribution in [0.2, 0.25) is 0 Å². The number of halogens is 2. The number of hydrogen-bond acceptors (Lipinski definition) is 2. The molecular weight excluding hydrogens is 250 g/mol. The summed E-state index contributed by atoms with van der Waals surface area (Å²) in [6, 6.07) is 2.71. The summed E-state index contributed by atoms with van der Waals surface area (Å²) < 4.78 is 32.4. The highest BCUT2D eigenvalue weighted by atomic mass is 19.2. The van der Waals surface area contributed by atoms with Crippen molar-refractivity contribution in [1.82, 2.24) is 0 Å². The van der Waals surface area contributed by atoms with Gasteiger partial charge in [0.1, 0.15) is 0 Å². The van der Waals surface area contributed by atoms with Crippen molar-refractivity contribution in [2.24, 2.45) is 5.92 Å². The summed E-state index contributed by atoms with van der Waals surface area (Å²) in [4.78, 5) is 11.6. The fraction of sp³-hybridized carbons (Fsp3) is 0.533. The fourth-order valence-electron chi connectivity index (χ4n) is 2.44. The minimum absolute atomic E-state index is 0.121. The largest absolute Gasteiger partial charge is 0.381 e. The second kappa shape index (κ2) is 6.24. The van der Waals surface area contributed by atoms with E-state index in [0.29, 0.717) is 17.9 Å². The monoisotopic (exact) mass is 268 g/mol. The van der Waals surface area contributed by atoms with Gasteiger partial charge in [0, 0.05) is 19.6 Å². The molecule has 0 radical (unpaired) electrons.